The highest BCUT2D eigenvalue weighted by Gasteiger charge is 2.13. The van der Waals surface area contributed by atoms with Gasteiger partial charge in [-0.2, -0.15) is 0 Å². The van der Waals surface area contributed by atoms with Crippen LogP contribution in [0.5, 0.6) is 5.75 Å². The molecular weight excluding hydrogens is 334 g/mol. The van der Waals surface area contributed by atoms with Gasteiger partial charge in [-0.05, 0) is 62.2 Å². The van der Waals surface area contributed by atoms with E-state index < -0.39 is 10.0 Å². The highest BCUT2D eigenvalue weighted by molar-refractivity contribution is 7.89. The molecule has 23 heavy (non-hydrogen) atoms. The molecule has 0 aliphatic carbocycles. The van der Waals surface area contributed by atoms with Crippen LogP contribution in [0.15, 0.2) is 53.4 Å². The highest BCUT2D eigenvalue weighted by Crippen LogP contribution is 2.17. The Morgan fingerprint density at radius 3 is 2.22 bits per heavy atom. The lowest BCUT2D eigenvalue weighted by molar-refractivity contribution is 0.242. The molecule has 0 fully saturated rings. The van der Waals surface area contributed by atoms with E-state index in [-0.39, 0.29) is 11.0 Å². The predicted molar refractivity (Wildman–Crippen MR) is 92.6 cm³/mol. The van der Waals surface area contributed by atoms with Crippen LogP contribution >= 0.6 is 11.6 Å². The molecule has 0 saturated carbocycles. The van der Waals surface area contributed by atoms with E-state index in [4.69, 9.17) is 16.3 Å². The number of hydrogen-bond acceptors (Lipinski definition) is 3. The van der Waals surface area contributed by atoms with Crippen molar-refractivity contribution in [3.05, 3.63) is 59.1 Å². The van der Waals surface area contributed by atoms with Crippen molar-refractivity contribution in [3.63, 3.8) is 0 Å². The maximum atomic E-state index is 12.2. The summed E-state index contributed by atoms with van der Waals surface area (Å²) in [5.74, 6) is 0.653. The van der Waals surface area contributed by atoms with Crippen LogP contribution in [0, 0.1) is 0 Å². The number of nitrogens with one attached hydrogen (secondary N) is 1. The van der Waals surface area contributed by atoms with Crippen LogP contribution in [0.3, 0.4) is 0 Å². The Morgan fingerprint density at radius 1 is 1.04 bits per heavy atom. The van der Waals surface area contributed by atoms with Crippen molar-refractivity contribution in [2.24, 2.45) is 0 Å². The third-order valence-electron chi connectivity index (χ3n) is 3.12. The molecule has 0 atom stereocenters. The molecule has 1 N–H and O–H groups in total. The zero-order valence-corrected chi connectivity index (χ0v) is 14.7. The third kappa shape index (κ3) is 5.53. The Labute approximate surface area is 142 Å². The molecule has 0 unspecified atom stereocenters. The standard InChI is InChI=1S/C17H20ClNO3S/c1-13(2)22-16-7-9-17(10-8-16)23(20,21)19-12-11-14-3-5-15(18)6-4-14/h3-10,13,19H,11-12H2,1-2H3. The van der Waals surface area contributed by atoms with Crippen LogP contribution in [-0.4, -0.2) is 21.1 Å². The summed E-state index contributed by atoms with van der Waals surface area (Å²) in [7, 11) is -3.52. The Hall–Kier alpha value is -1.56. The summed E-state index contributed by atoms with van der Waals surface area (Å²) < 4.78 is 32.6. The van der Waals surface area contributed by atoms with Crippen LogP contribution in [0.25, 0.3) is 0 Å². The zero-order chi connectivity index (χ0) is 16.9. The van der Waals surface area contributed by atoms with E-state index in [0.717, 1.165) is 5.56 Å². The summed E-state index contributed by atoms with van der Waals surface area (Å²) in [6.45, 7) is 4.17. The summed E-state index contributed by atoms with van der Waals surface area (Å²) in [5.41, 5.74) is 1.03. The first kappa shape index (κ1) is 17.8. The van der Waals surface area contributed by atoms with E-state index in [9.17, 15) is 8.42 Å². The van der Waals surface area contributed by atoms with Gasteiger partial charge in [0.15, 0.2) is 0 Å². The largest absolute Gasteiger partial charge is 0.491 e. The molecule has 0 saturated heterocycles. The Balaban J connectivity index is 1.94. The second kappa shape index (κ2) is 7.81. The molecular formula is C17H20ClNO3S. The van der Waals surface area contributed by atoms with E-state index >= 15 is 0 Å². The summed E-state index contributed by atoms with van der Waals surface area (Å²) in [4.78, 5) is 0.227. The lowest BCUT2D eigenvalue weighted by atomic mass is 10.2. The summed E-state index contributed by atoms with van der Waals surface area (Å²) in [5, 5.41) is 0.665. The molecule has 0 aromatic heterocycles. The van der Waals surface area contributed by atoms with Gasteiger partial charge in [0.05, 0.1) is 11.0 Å². The molecule has 0 aliphatic heterocycles. The van der Waals surface area contributed by atoms with Gasteiger partial charge in [0.2, 0.25) is 10.0 Å². The molecule has 2 rings (SSSR count). The monoisotopic (exact) mass is 353 g/mol. The van der Waals surface area contributed by atoms with Gasteiger partial charge in [-0.3, -0.25) is 0 Å². The van der Waals surface area contributed by atoms with Crippen molar-refractivity contribution in [1.82, 2.24) is 4.72 Å². The van der Waals surface area contributed by atoms with Gasteiger partial charge in [0.25, 0.3) is 0 Å². The summed E-state index contributed by atoms with van der Waals surface area (Å²) >= 11 is 5.82. The maximum absolute atomic E-state index is 12.2. The SMILES string of the molecule is CC(C)Oc1ccc(S(=O)(=O)NCCc2ccc(Cl)cc2)cc1. The Kier molecular flexibility index (Phi) is 6.04. The van der Waals surface area contributed by atoms with Crippen LogP contribution in [0.2, 0.25) is 5.02 Å². The van der Waals surface area contributed by atoms with Gasteiger partial charge >= 0.3 is 0 Å². The van der Waals surface area contributed by atoms with Crippen molar-refractivity contribution in [3.8, 4) is 5.75 Å². The second-order valence-electron chi connectivity index (χ2n) is 5.41. The van der Waals surface area contributed by atoms with Gasteiger partial charge in [-0.1, -0.05) is 23.7 Å². The number of halogens is 1. The minimum atomic E-state index is -3.52. The first-order valence-corrected chi connectivity index (χ1v) is 9.24. The molecule has 0 amide bonds. The smallest absolute Gasteiger partial charge is 0.240 e. The number of ether oxygens (including phenoxy) is 1. The van der Waals surface area contributed by atoms with Crippen LogP contribution in [0.4, 0.5) is 0 Å². The Bertz CT molecular complexity index is 725. The van der Waals surface area contributed by atoms with E-state index in [1.54, 1.807) is 36.4 Å². The molecule has 0 bridgehead atoms. The number of sulfonamides is 1. The second-order valence-corrected chi connectivity index (χ2v) is 7.62. The number of hydrogen-bond donors (Lipinski definition) is 1. The van der Waals surface area contributed by atoms with Gasteiger partial charge in [0, 0.05) is 11.6 Å². The lowest BCUT2D eigenvalue weighted by Crippen LogP contribution is -2.26. The minimum Gasteiger partial charge on any atom is -0.491 e. The average Bonchev–Trinajstić information content (AvgIpc) is 2.49. The van der Waals surface area contributed by atoms with Crippen molar-refractivity contribution in [1.29, 1.82) is 0 Å². The molecule has 0 spiro atoms. The van der Waals surface area contributed by atoms with Crippen molar-refractivity contribution in [2.75, 3.05) is 6.54 Å². The minimum absolute atomic E-state index is 0.0509. The highest BCUT2D eigenvalue weighted by atomic mass is 35.5. The van der Waals surface area contributed by atoms with Crippen molar-refractivity contribution < 1.29 is 13.2 Å². The first-order valence-electron chi connectivity index (χ1n) is 7.37. The van der Waals surface area contributed by atoms with Gasteiger partial charge in [-0.25, -0.2) is 13.1 Å². The third-order valence-corrected chi connectivity index (χ3v) is 4.85. The average molecular weight is 354 g/mol. The molecule has 0 aliphatic rings. The first-order chi connectivity index (χ1) is 10.9. The normalized spacial score (nSPS) is 11.7. The Morgan fingerprint density at radius 2 is 1.65 bits per heavy atom. The van der Waals surface area contributed by atoms with E-state index in [0.29, 0.717) is 23.7 Å². The fourth-order valence-electron chi connectivity index (χ4n) is 2.03. The van der Waals surface area contributed by atoms with Crippen molar-refractivity contribution in [2.45, 2.75) is 31.3 Å². The van der Waals surface area contributed by atoms with Crippen molar-refractivity contribution >= 4 is 21.6 Å². The molecule has 124 valence electrons. The van der Waals surface area contributed by atoms with E-state index in [1.165, 1.54) is 0 Å². The van der Waals surface area contributed by atoms with Gasteiger partial charge in [0.1, 0.15) is 5.75 Å². The summed E-state index contributed by atoms with van der Waals surface area (Å²) in [6, 6.07) is 13.8. The molecule has 4 nitrogen and oxygen atoms in total. The summed E-state index contributed by atoms with van der Waals surface area (Å²) in [6.07, 6.45) is 0.653. The molecule has 2 aromatic rings. The molecule has 0 radical (unpaired) electrons. The van der Waals surface area contributed by atoms with Crippen LogP contribution in [0.1, 0.15) is 19.4 Å². The maximum Gasteiger partial charge on any atom is 0.240 e. The number of benzene rings is 2. The lowest BCUT2D eigenvalue weighted by Gasteiger charge is -2.11. The van der Waals surface area contributed by atoms with E-state index in [2.05, 4.69) is 4.72 Å². The zero-order valence-electron chi connectivity index (χ0n) is 13.1. The number of rotatable bonds is 7. The fraction of sp³-hybridized carbons (Fsp3) is 0.294. The molecule has 0 heterocycles. The molecule has 6 heteroatoms. The quantitative estimate of drug-likeness (QED) is 0.826. The van der Waals surface area contributed by atoms with Crippen LogP contribution in [-0.2, 0) is 16.4 Å². The topological polar surface area (TPSA) is 55.4 Å². The van der Waals surface area contributed by atoms with Gasteiger partial charge in [-0.15, -0.1) is 0 Å². The fourth-order valence-corrected chi connectivity index (χ4v) is 3.19. The van der Waals surface area contributed by atoms with E-state index in [1.807, 2.05) is 26.0 Å². The molecule has 2 aromatic carbocycles. The van der Waals surface area contributed by atoms with Crippen LogP contribution < -0.4 is 9.46 Å². The van der Waals surface area contributed by atoms with Gasteiger partial charge < -0.3 is 4.74 Å². The predicted octanol–water partition coefficient (Wildman–Crippen LogP) is 3.65.